The second-order valence-electron chi connectivity index (χ2n) is 6.55. The third kappa shape index (κ3) is 10.8. The highest BCUT2D eigenvalue weighted by Gasteiger charge is 2.13. The first-order valence-corrected chi connectivity index (χ1v) is 9.70. The molecule has 0 aromatic heterocycles. The van der Waals surface area contributed by atoms with E-state index in [9.17, 15) is 4.39 Å². The third-order valence-electron chi connectivity index (χ3n) is 4.35. The second-order valence-corrected chi connectivity index (χ2v) is 6.55. The number of benzene rings is 1. The second kappa shape index (κ2) is 15.0. The highest BCUT2D eigenvalue weighted by molar-refractivity contribution is 14.0. The van der Waals surface area contributed by atoms with Crippen molar-refractivity contribution in [3.63, 3.8) is 0 Å². The molecule has 1 fully saturated rings. The molecule has 0 bridgehead atoms. The number of nitrogens with zero attached hydrogens (tertiary/aromatic N) is 1. The lowest BCUT2D eigenvalue weighted by molar-refractivity contribution is 0.0205. The summed E-state index contributed by atoms with van der Waals surface area (Å²) >= 11 is 0. The van der Waals surface area contributed by atoms with Crippen molar-refractivity contribution in [2.45, 2.75) is 32.6 Å². The van der Waals surface area contributed by atoms with Crippen molar-refractivity contribution >= 4 is 29.9 Å². The zero-order chi connectivity index (χ0) is 18.5. The van der Waals surface area contributed by atoms with Crippen LogP contribution in [0, 0.1) is 11.7 Å². The van der Waals surface area contributed by atoms with Crippen molar-refractivity contribution in [2.75, 3.05) is 46.1 Å². The van der Waals surface area contributed by atoms with E-state index >= 15 is 0 Å². The molecule has 7 heteroatoms. The Balaban J connectivity index is 0.00000364. The van der Waals surface area contributed by atoms with Crippen LogP contribution in [0.2, 0.25) is 0 Å². The first-order valence-electron chi connectivity index (χ1n) is 9.70. The lowest BCUT2D eigenvalue weighted by Gasteiger charge is -2.21. The van der Waals surface area contributed by atoms with Gasteiger partial charge in [-0.2, -0.15) is 0 Å². The Morgan fingerprint density at radius 2 is 2.11 bits per heavy atom. The van der Waals surface area contributed by atoms with Gasteiger partial charge in [-0.1, -0.05) is 12.1 Å². The molecule has 0 amide bonds. The maximum Gasteiger partial charge on any atom is 0.191 e. The van der Waals surface area contributed by atoms with E-state index < -0.39 is 0 Å². The van der Waals surface area contributed by atoms with Crippen molar-refractivity contribution in [3.05, 3.63) is 35.6 Å². The quantitative estimate of drug-likeness (QED) is 0.227. The minimum absolute atomic E-state index is 0. The zero-order valence-electron chi connectivity index (χ0n) is 16.2. The molecule has 1 aromatic carbocycles. The first kappa shape index (κ1) is 24.1. The third-order valence-corrected chi connectivity index (χ3v) is 4.35. The van der Waals surface area contributed by atoms with Gasteiger partial charge >= 0.3 is 0 Å². The molecule has 5 nitrogen and oxygen atoms in total. The van der Waals surface area contributed by atoms with E-state index in [0.29, 0.717) is 5.92 Å². The normalized spacial score (nSPS) is 15.3. The molecule has 1 aliphatic rings. The van der Waals surface area contributed by atoms with Gasteiger partial charge in [-0.05, 0) is 56.2 Å². The molecular formula is C20H33FIN3O2. The van der Waals surface area contributed by atoms with E-state index in [1.54, 1.807) is 12.1 Å². The van der Waals surface area contributed by atoms with Crippen molar-refractivity contribution in [2.24, 2.45) is 10.9 Å². The fourth-order valence-electron chi connectivity index (χ4n) is 2.88. The Hall–Kier alpha value is -0.930. The SMILES string of the molecule is CCNC(=NCCCOCC1CCOCC1)NCCc1cccc(F)c1.I. The Kier molecular flexibility index (Phi) is 13.4. The smallest absolute Gasteiger partial charge is 0.191 e. The molecule has 1 aliphatic heterocycles. The van der Waals surface area contributed by atoms with Gasteiger partial charge in [0.1, 0.15) is 5.82 Å². The zero-order valence-corrected chi connectivity index (χ0v) is 18.5. The van der Waals surface area contributed by atoms with Crippen LogP contribution in [-0.4, -0.2) is 52.0 Å². The molecular weight excluding hydrogens is 460 g/mol. The van der Waals surface area contributed by atoms with Crippen LogP contribution in [0.4, 0.5) is 4.39 Å². The first-order chi connectivity index (χ1) is 12.8. The summed E-state index contributed by atoms with van der Waals surface area (Å²) in [7, 11) is 0. The molecule has 154 valence electrons. The molecule has 1 heterocycles. The fraction of sp³-hybridized carbons (Fsp3) is 0.650. The highest BCUT2D eigenvalue weighted by atomic mass is 127. The Labute approximate surface area is 179 Å². The summed E-state index contributed by atoms with van der Waals surface area (Å²) in [6, 6.07) is 6.71. The summed E-state index contributed by atoms with van der Waals surface area (Å²) in [6.07, 6.45) is 3.88. The lowest BCUT2D eigenvalue weighted by Crippen LogP contribution is -2.38. The number of halogens is 2. The summed E-state index contributed by atoms with van der Waals surface area (Å²) in [5, 5.41) is 6.53. The van der Waals surface area contributed by atoms with Crippen molar-refractivity contribution in [1.82, 2.24) is 10.6 Å². The van der Waals surface area contributed by atoms with Crippen molar-refractivity contribution < 1.29 is 13.9 Å². The molecule has 1 aromatic rings. The minimum Gasteiger partial charge on any atom is -0.381 e. The number of ether oxygens (including phenoxy) is 2. The Morgan fingerprint density at radius 3 is 2.85 bits per heavy atom. The van der Waals surface area contributed by atoms with Crippen LogP contribution in [0.1, 0.15) is 31.7 Å². The topological polar surface area (TPSA) is 54.9 Å². The van der Waals surface area contributed by atoms with Gasteiger partial charge in [0, 0.05) is 46.1 Å². The molecule has 0 radical (unpaired) electrons. The van der Waals surface area contributed by atoms with E-state index in [1.807, 2.05) is 13.0 Å². The van der Waals surface area contributed by atoms with Gasteiger partial charge in [0.2, 0.25) is 0 Å². The molecule has 1 saturated heterocycles. The number of hydrogen-bond donors (Lipinski definition) is 2. The van der Waals surface area contributed by atoms with Gasteiger partial charge in [-0.25, -0.2) is 4.39 Å². The fourth-order valence-corrected chi connectivity index (χ4v) is 2.88. The molecule has 27 heavy (non-hydrogen) atoms. The highest BCUT2D eigenvalue weighted by Crippen LogP contribution is 2.14. The van der Waals surface area contributed by atoms with Crippen molar-refractivity contribution in [1.29, 1.82) is 0 Å². The molecule has 0 saturated carbocycles. The van der Waals surface area contributed by atoms with Crippen LogP contribution in [-0.2, 0) is 15.9 Å². The molecule has 0 spiro atoms. The van der Waals surface area contributed by atoms with E-state index in [0.717, 1.165) is 83.3 Å². The van der Waals surface area contributed by atoms with E-state index in [4.69, 9.17) is 9.47 Å². The van der Waals surface area contributed by atoms with Crippen LogP contribution in [0.15, 0.2) is 29.3 Å². The predicted molar refractivity (Wildman–Crippen MR) is 118 cm³/mol. The van der Waals surface area contributed by atoms with Crippen LogP contribution in [0.5, 0.6) is 0 Å². The van der Waals surface area contributed by atoms with Gasteiger partial charge in [0.05, 0.1) is 0 Å². The summed E-state index contributed by atoms with van der Waals surface area (Å²) in [4.78, 5) is 4.57. The molecule has 0 unspecified atom stereocenters. The average Bonchev–Trinajstić information content (AvgIpc) is 2.65. The summed E-state index contributed by atoms with van der Waals surface area (Å²) in [6.45, 7) is 7.60. The molecule has 2 N–H and O–H groups in total. The van der Waals surface area contributed by atoms with Gasteiger partial charge in [0.25, 0.3) is 0 Å². The van der Waals surface area contributed by atoms with Crippen molar-refractivity contribution in [3.8, 4) is 0 Å². The summed E-state index contributed by atoms with van der Waals surface area (Å²) in [5.41, 5.74) is 0.981. The number of nitrogens with one attached hydrogen (secondary N) is 2. The average molecular weight is 493 g/mol. The molecule has 2 rings (SSSR count). The molecule has 0 aliphatic carbocycles. The maximum absolute atomic E-state index is 13.2. The van der Waals surface area contributed by atoms with Gasteiger partial charge in [-0.3, -0.25) is 4.99 Å². The summed E-state index contributed by atoms with van der Waals surface area (Å²) < 4.78 is 24.3. The number of rotatable bonds is 10. The van der Waals surface area contributed by atoms with E-state index in [-0.39, 0.29) is 29.8 Å². The number of aliphatic imine (C=N–C) groups is 1. The minimum atomic E-state index is -0.191. The predicted octanol–water partition coefficient (Wildman–Crippen LogP) is 3.37. The van der Waals surface area contributed by atoms with Gasteiger partial charge < -0.3 is 20.1 Å². The standard InChI is InChI=1S/C20H32FN3O2.HI/c1-2-22-20(24-11-7-17-5-3-6-19(21)15-17)23-10-4-12-26-16-18-8-13-25-14-9-18;/h3,5-6,15,18H,2,4,7-14,16H2,1H3,(H2,22,23,24);1H. The number of hydrogen-bond acceptors (Lipinski definition) is 3. The van der Waals surface area contributed by atoms with Crippen LogP contribution >= 0.6 is 24.0 Å². The lowest BCUT2D eigenvalue weighted by atomic mass is 10.0. The summed E-state index contributed by atoms with van der Waals surface area (Å²) in [5.74, 6) is 1.26. The Bertz CT molecular complexity index is 540. The van der Waals surface area contributed by atoms with Crippen LogP contribution in [0.25, 0.3) is 0 Å². The van der Waals surface area contributed by atoms with Gasteiger partial charge in [0.15, 0.2) is 5.96 Å². The van der Waals surface area contributed by atoms with Crippen LogP contribution < -0.4 is 10.6 Å². The van der Waals surface area contributed by atoms with E-state index in [2.05, 4.69) is 15.6 Å². The largest absolute Gasteiger partial charge is 0.381 e. The number of guanidine groups is 1. The monoisotopic (exact) mass is 493 g/mol. The van der Waals surface area contributed by atoms with E-state index in [1.165, 1.54) is 6.07 Å². The molecule has 0 atom stereocenters. The Morgan fingerprint density at radius 1 is 1.30 bits per heavy atom. The van der Waals surface area contributed by atoms with Gasteiger partial charge in [-0.15, -0.1) is 24.0 Å². The maximum atomic E-state index is 13.2. The van der Waals surface area contributed by atoms with Crippen LogP contribution in [0.3, 0.4) is 0 Å².